The Kier molecular flexibility index (Phi) is 6.14. The van der Waals surface area contributed by atoms with Crippen LogP contribution < -0.4 is 10.6 Å². The number of aliphatic hydroxyl groups excluding tert-OH is 1. The second-order valence-corrected chi connectivity index (χ2v) is 6.16. The third kappa shape index (κ3) is 4.87. The van der Waals surface area contributed by atoms with Gasteiger partial charge in [-0.2, -0.15) is 4.98 Å². The van der Waals surface area contributed by atoms with E-state index in [0.717, 1.165) is 43.2 Å². The summed E-state index contributed by atoms with van der Waals surface area (Å²) in [6.45, 7) is 4.76. The number of ether oxygens (including phenoxy) is 1. The first-order valence-electron chi connectivity index (χ1n) is 8.72. The molecule has 25 heavy (non-hydrogen) atoms. The number of rotatable bonds is 8. The summed E-state index contributed by atoms with van der Waals surface area (Å²) < 4.78 is 5.48. The topological polar surface area (TPSA) is 92.2 Å². The van der Waals surface area contributed by atoms with Crippen molar-refractivity contribution in [3.8, 4) is 0 Å². The van der Waals surface area contributed by atoms with Gasteiger partial charge in [-0.3, -0.25) is 4.98 Å². The van der Waals surface area contributed by atoms with E-state index in [1.165, 1.54) is 5.56 Å². The summed E-state index contributed by atoms with van der Waals surface area (Å²) in [5.41, 5.74) is 3.26. The van der Waals surface area contributed by atoms with Crippen LogP contribution in [0.2, 0.25) is 0 Å². The molecule has 0 spiro atoms. The van der Waals surface area contributed by atoms with Gasteiger partial charge in [0.15, 0.2) is 0 Å². The molecule has 1 fully saturated rings. The van der Waals surface area contributed by atoms with Crippen LogP contribution in [0.3, 0.4) is 0 Å². The van der Waals surface area contributed by atoms with Gasteiger partial charge in [-0.05, 0) is 25.0 Å². The van der Waals surface area contributed by atoms with Crippen molar-refractivity contribution in [2.75, 3.05) is 43.5 Å². The van der Waals surface area contributed by atoms with Gasteiger partial charge in [-0.1, -0.05) is 6.07 Å². The molecule has 7 heteroatoms. The lowest BCUT2D eigenvalue weighted by atomic mass is 10.0. The second kappa shape index (κ2) is 8.73. The average Bonchev–Trinajstić information content (AvgIpc) is 3.16. The Bertz CT molecular complexity index is 689. The van der Waals surface area contributed by atoms with Crippen LogP contribution >= 0.6 is 0 Å². The second-order valence-electron chi connectivity index (χ2n) is 6.16. The van der Waals surface area contributed by atoms with Crippen LogP contribution in [0.1, 0.15) is 29.3 Å². The number of aryl methyl sites for hydroxylation is 1. The van der Waals surface area contributed by atoms with Crippen LogP contribution in [-0.2, 0) is 11.2 Å². The van der Waals surface area contributed by atoms with Gasteiger partial charge in [0.2, 0.25) is 5.95 Å². The molecule has 3 rings (SSSR count). The molecule has 2 aromatic heterocycles. The first-order chi connectivity index (χ1) is 12.3. The molecule has 0 aliphatic carbocycles. The molecule has 0 aromatic carbocycles. The van der Waals surface area contributed by atoms with Crippen molar-refractivity contribution < 1.29 is 9.84 Å². The molecule has 3 N–H and O–H groups in total. The van der Waals surface area contributed by atoms with E-state index in [-0.39, 0.29) is 6.61 Å². The number of anilines is 2. The Morgan fingerprint density at radius 1 is 1.28 bits per heavy atom. The molecule has 7 nitrogen and oxygen atoms in total. The minimum Gasteiger partial charge on any atom is -0.395 e. The fourth-order valence-electron chi connectivity index (χ4n) is 2.87. The zero-order chi connectivity index (χ0) is 17.5. The molecule has 0 unspecified atom stereocenters. The van der Waals surface area contributed by atoms with Crippen LogP contribution in [0.5, 0.6) is 0 Å². The van der Waals surface area contributed by atoms with Gasteiger partial charge in [-0.25, -0.2) is 4.98 Å². The maximum Gasteiger partial charge on any atom is 0.224 e. The van der Waals surface area contributed by atoms with Crippen LogP contribution in [0, 0.1) is 6.92 Å². The monoisotopic (exact) mass is 343 g/mol. The average molecular weight is 343 g/mol. The van der Waals surface area contributed by atoms with Crippen LogP contribution in [0.25, 0.3) is 0 Å². The minimum absolute atomic E-state index is 0.0435. The number of nitrogens with zero attached hydrogens (tertiary/aromatic N) is 3. The van der Waals surface area contributed by atoms with E-state index >= 15 is 0 Å². The third-order valence-corrected chi connectivity index (χ3v) is 4.27. The lowest BCUT2D eigenvalue weighted by Crippen LogP contribution is -2.14. The summed E-state index contributed by atoms with van der Waals surface area (Å²) in [5, 5.41) is 15.4. The molecular weight excluding hydrogens is 318 g/mol. The normalized spacial score (nSPS) is 16.8. The van der Waals surface area contributed by atoms with Crippen molar-refractivity contribution in [1.82, 2.24) is 15.0 Å². The predicted octanol–water partition coefficient (Wildman–Crippen LogP) is 1.74. The largest absolute Gasteiger partial charge is 0.395 e. The number of aliphatic hydroxyl groups is 1. The van der Waals surface area contributed by atoms with E-state index in [1.807, 2.05) is 18.3 Å². The number of hydrogen-bond acceptors (Lipinski definition) is 7. The van der Waals surface area contributed by atoms with Gasteiger partial charge in [0, 0.05) is 50.0 Å². The molecular formula is C18H25N5O2. The summed E-state index contributed by atoms with van der Waals surface area (Å²) >= 11 is 0. The van der Waals surface area contributed by atoms with Gasteiger partial charge >= 0.3 is 0 Å². The Hall–Kier alpha value is -2.25. The summed E-state index contributed by atoms with van der Waals surface area (Å²) in [4.78, 5) is 13.5. The maximum atomic E-state index is 9.01. The fourth-order valence-corrected chi connectivity index (χ4v) is 2.87. The van der Waals surface area contributed by atoms with Crippen LogP contribution in [0.4, 0.5) is 11.8 Å². The molecule has 1 aliphatic heterocycles. The molecule has 2 aromatic rings. The number of aromatic nitrogens is 3. The Morgan fingerprint density at radius 3 is 2.96 bits per heavy atom. The highest BCUT2D eigenvalue weighted by atomic mass is 16.5. The summed E-state index contributed by atoms with van der Waals surface area (Å²) in [7, 11) is 0. The Morgan fingerprint density at radius 2 is 2.20 bits per heavy atom. The number of pyridine rings is 1. The van der Waals surface area contributed by atoms with E-state index in [2.05, 4.69) is 38.6 Å². The lowest BCUT2D eigenvalue weighted by molar-refractivity contribution is 0.193. The maximum absolute atomic E-state index is 9.01. The number of hydrogen-bond donors (Lipinski definition) is 3. The van der Waals surface area contributed by atoms with Gasteiger partial charge in [0.1, 0.15) is 5.82 Å². The Balaban J connectivity index is 1.68. The number of nitrogens with one attached hydrogen (secondary N) is 2. The first kappa shape index (κ1) is 17.6. The van der Waals surface area contributed by atoms with Gasteiger partial charge in [0.05, 0.1) is 18.9 Å². The zero-order valence-electron chi connectivity index (χ0n) is 14.5. The molecule has 3 heterocycles. The summed E-state index contributed by atoms with van der Waals surface area (Å²) in [6, 6.07) is 6.02. The van der Waals surface area contributed by atoms with Crippen LogP contribution in [0.15, 0.2) is 24.4 Å². The van der Waals surface area contributed by atoms with E-state index in [1.54, 1.807) is 0 Å². The molecule has 1 saturated heterocycles. The van der Waals surface area contributed by atoms with Crippen LogP contribution in [-0.4, -0.2) is 53.0 Å². The quantitative estimate of drug-likeness (QED) is 0.672. The molecule has 0 amide bonds. The molecule has 0 radical (unpaired) electrons. The summed E-state index contributed by atoms with van der Waals surface area (Å²) in [5.74, 6) is 1.62. The van der Waals surface area contributed by atoms with E-state index in [4.69, 9.17) is 9.84 Å². The summed E-state index contributed by atoms with van der Waals surface area (Å²) in [6.07, 6.45) is 3.63. The van der Waals surface area contributed by atoms with Crippen molar-refractivity contribution in [2.24, 2.45) is 0 Å². The fraction of sp³-hybridized carbons (Fsp3) is 0.500. The van der Waals surface area contributed by atoms with E-state index in [9.17, 15) is 0 Å². The molecule has 0 saturated carbocycles. The van der Waals surface area contributed by atoms with Crippen molar-refractivity contribution in [3.63, 3.8) is 0 Å². The highest BCUT2D eigenvalue weighted by Crippen LogP contribution is 2.26. The smallest absolute Gasteiger partial charge is 0.224 e. The molecule has 0 bridgehead atoms. The Labute approximate surface area is 147 Å². The molecule has 134 valence electrons. The van der Waals surface area contributed by atoms with Crippen molar-refractivity contribution in [1.29, 1.82) is 0 Å². The predicted molar refractivity (Wildman–Crippen MR) is 97.0 cm³/mol. The van der Waals surface area contributed by atoms with Crippen molar-refractivity contribution in [2.45, 2.75) is 25.7 Å². The van der Waals surface area contributed by atoms with E-state index in [0.29, 0.717) is 25.0 Å². The highest BCUT2D eigenvalue weighted by molar-refractivity contribution is 5.43. The molecule has 1 aliphatic rings. The first-order valence-corrected chi connectivity index (χ1v) is 8.72. The van der Waals surface area contributed by atoms with Gasteiger partial charge < -0.3 is 20.5 Å². The van der Waals surface area contributed by atoms with Crippen molar-refractivity contribution in [3.05, 3.63) is 41.3 Å². The van der Waals surface area contributed by atoms with E-state index < -0.39 is 0 Å². The SMILES string of the molecule is Cc1cccnc1CCNc1cc([C@H]2CCOC2)nc(NCCO)n1. The molecule has 1 atom stereocenters. The minimum atomic E-state index is 0.0435. The highest BCUT2D eigenvalue weighted by Gasteiger charge is 2.20. The van der Waals surface area contributed by atoms with Gasteiger partial charge in [0.25, 0.3) is 0 Å². The van der Waals surface area contributed by atoms with Gasteiger partial charge in [-0.15, -0.1) is 0 Å². The third-order valence-electron chi connectivity index (χ3n) is 4.27. The zero-order valence-corrected chi connectivity index (χ0v) is 14.5. The van der Waals surface area contributed by atoms with Crippen molar-refractivity contribution >= 4 is 11.8 Å². The standard InChI is InChI=1S/C18H25N5O2/c1-13-3-2-6-19-15(13)4-7-20-17-11-16(14-5-10-25-12-14)22-18(23-17)21-8-9-24/h2-3,6,11,14,24H,4-5,7-10,12H2,1H3,(H2,20,21,22,23)/t14-/m0/s1. The lowest BCUT2D eigenvalue weighted by Gasteiger charge is -2.13.